The van der Waals surface area contributed by atoms with E-state index in [0.717, 1.165) is 53.3 Å². The molecular formula is C20H25N5OS2. The van der Waals surface area contributed by atoms with Crippen molar-refractivity contribution in [3.63, 3.8) is 0 Å². The molecule has 6 nitrogen and oxygen atoms in total. The first-order valence-corrected chi connectivity index (χ1v) is 11.3. The van der Waals surface area contributed by atoms with E-state index < -0.39 is 0 Å². The molecule has 1 amide bonds. The number of thioether (sulfide) groups is 1. The van der Waals surface area contributed by atoms with E-state index in [1.165, 1.54) is 43.9 Å². The molecule has 0 unspecified atom stereocenters. The summed E-state index contributed by atoms with van der Waals surface area (Å²) in [6.07, 6.45) is 6.97. The lowest BCUT2D eigenvalue weighted by atomic mass is 10.2. The third kappa shape index (κ3) is 4.55. The molecule has 2 aliphatic heterocycles. The van der Waals surface area contributed by atoms with Crippen LogP contribution < -0.4 is 5.32 Å². The van der Waals surface area contributed by atoms with Crippen molar-refractivity contribution in [1.82, 2.24) is 19.7 Å². The highest BCUT2D eigenvalue weighted by Crippen LogP contribution is 2.24. The van der Waals surface area contributed by atoms with Crippen molar-refractivity contribution >= 4 is 39.9 Å². The number of amides is 1. The fourth-order valence-corrected chi connectivity index (χ4v) is 4.77. The number of rotatable bonds is 4. The molecule has 28 heavy (non-hydrogen) atoms. The van der Waals surface area contributed by atoms with Crippen LogP contribution in [0.15, 0.2) is 24.3 Å². The van der Waals surface area contributed by atoms with Crippen LogP contribution in [-0.4, -0.2) is 48.7 Å². The summed E-state index contributed by atoms with van der Waals surface area (Å²) in [7, 11) is 0. The van der Waals surface area contributed by atoms with Crippen LogP contribution in [0.1, 0.15) is 37.9 Å². The van der Waals surface area contributed by atoms with Crippen molar-refractivity contribution in [1.29, 1.82) is 0 Å². The highest BCUT2D eigenvalue weighted by molar-refractivity contribution is 8.23. The third-order valence-electron chi connectivity index (χ3n) is 5.23. The van der Waals surface area contributed by atoms with E-state index in [0.29, 0.717) is 5.75 Å². The fraction of sp³-hybridized carbons (Fsp3) is 0.500. The zero-order valence-electron chi connectivity index (χ0n) is 15.9. The van der Waals surface area contributed by atoms with Gasteiger partial charge in [-0.3, -0.25) is 4.79 Å². The second kappa shape index (κ2) is 9.05. The van der Waals surface area contributed by atoms with Crippen LogP contribution >= 0.6 is 24.0 Å². The molecule has 0 radical (unpaired) electrons. The van der Waals surface area contributed by atoms with Crippen LogP contribution in [0.3, 0.4) is 0 Å². The maximum atomic E-state index is 12.2. The zero-order valence-corrected chi connectivity index (χ0v) is 17.5. The van der Waals surface area contributed by atoms with Gasteiger partial charge in [-0.25, -0.2) is 0 Å². The number of likely N-dealkylation sites (tertiary alicyclic amines) is 1. The molecule has 2 aromatic rings. The van der Waals surface area contributed by atoms with E-state index in [4.69, 9.17) is 12.2 Å². The lowest BCUT2D eigenvalue weighted by molar-refractivity contribution is -0.113. The van der Waals surface area contributed by atoms with Gasteiger partial charge in [0.25, 0.3) is 0 Å². The number of anilines is 1. The summed E-state index contributed by atoms with van der Waals surface area (Å²) in [6.45, 7) is 3.01. The minimum Gasteiger partial charge on any atom is -0.358 e. The Morgan fingerprint density at radius 3 is 2.57 bits per heavy atom. The van der Waals surface area contributed by atoms with Gasteiger partial charge < -0.3 is 14.8 Å². The maximum Gasteiger partial charge on any atom is 0.234 e. The molecule has 8 heteroatoms. The minimum atomic E-state index is -0.0318. The van der Waals surface area contributed by atoms with E-state index in [9.17, 15) is 4.79 Å². The molecule has 0 spiro atoms. The summed E-state index contributed by atoms with van der Waals surface area (Å²) in [5.74, 6) is 2.31. The Morgan fingerprint density at radius 2 is 1.79 bits per heavy atom. The Labute approximate surface area is 175 Å². The van der Waals surface area contributed by atoms with Gasteiger partial charge in [-0.1, -0.05) is 30.4 Å². The Morgan fingerprint density at radius 1 is 1.04 bits per heavy atom. The minimum absolute atomic E-state index is 0.0318. The molecular weight excluding hydrogens is 390 g/mol. The van der Waals surface area contributed by atoms with Gasteiger partial charge >= 0.3 is 0 Å². The van der Waals surface area contributed by atoms with Crippen LogP contribution in [0.5, 0.6) is 0 Å². The molecule has 0 atom stereocenters. The number of carbonyl (C=O) groups excluding carboxylic acids is 1. The summed E-state index contributed by atoms with van der Waals surface area (Å²) >= 11 is 6.86. The number of aryl methyl sites for hydroxylation is 1. The number of nitrogens with zero attached hydrogens (tertiary/aromatic N) is 4. The summed E-state index contributed by atoms with van der Waals surface area (Å²) in [5, 5.41) is 11.7. The largest absolute Gasteiger partial charge is 0.358 e. The van der Waals surface area contributed by atoms with Crippen LogP contribution in [-0.2, 0) is 17.8 Å². The standard InChI is InChI=1S/C20H25N5OS2/c26-18(14-28-20(27)24-11-4-5-12-24)21-16-9-7-15(8-10-16)19-23-22-17-6-2-1-3-13-25(17)19/h7-10H,1-6,11-14H2,(H,21,26). The molecule has 4 rings (SSSR count). The molecule has 148 valence electrons. The number of fused-ring (bicyclic) bond motifs is 1. The average molecular weight is 416 g/mol. The summed E-state index contributed by atoms with van der Waals surface area (Å²) in [6, 6.07) is 7.85. The molecule has 1 fully saturated rings. The molecule has 1 N–H and O–H groups in total. The Balaban J connectivity index is 1.34. The highest BCUT2D eigenvalue weighted by atomic mass is 32.2. The second-order valence-electron chi connectivity index (χ2n) is 7.28. The van der Waals surface area contributed by atoms with Gasteiger partial charge in [0.2, 0.25) is 5.91 Å². The molecule has 1 aromatic carbocycles. The SMILES string of the molecule is O=C(CSC(=S)N1CCCC1)Nc1ccc(-c2nnc3n2CCCCC3)cc1. The van der Waals surface area contributed by atoms with Gasteiger partial charge in [0.05, 0.1) is 5.75 Å². The molecule has 0 bridgehead atoms. The smallest absolute Gasteiger partial charge is 0.234 e. The molecule has 0 saturated carbocycles. The Hall–Kier alpha value is -1.93. The van der Waals surface area contributed by atoms with E-state index in [-0.39, 0.29) is 5.91 Å². The van der Waals surface area contributed by atoms with Crippen molar-refractivity contribution in [2.45, 2.75) is 45.1 Å². The zero-order chi connectivity index (χ0) is 19.3. The lowest BCUT2D eigenvalue weighted by Crippen LogP contribution is -2.25. The fourth-order valence-electron chi connectivity index (χ4n) is 3.72. The average Bonchev–Trinajstić information content (AvgIpc) is 3.33. The topological polar surface area (TPSA) is 63.1 Å². The number of aromatic nitrogens is 3. The quantitative estimate of drug-likeness (QED) is 0.768. The van der Waals surface area contributed by atoms with Gasteiger partial charge in [-0.15, -0.1) is 10.2 Å². The van der Waals surface area contributed by atoms with Crippen LogP contribution in [0.25, 0.3) is 11.4 Å². The van der Waals surface area contributed by atoms with Crippen LogP contribution in [0.2, 0.25) is 0 Å². The maximum absolute atomic E-state index is 12.2. The molecule has 1 aromatic heterocycles. The molecule has 1 saturated heterocycles. The Bertz CT molecular complexity index is 843. The predicted molar refractivity (Wildman–Crippen MR) is 118 cm³/mol. The van der Waals surface area contributed by atoms with Crippen LogP contribution in [0.4, 0.5) is 5.69 Å². The van der Waals surface area contributed by atoms with Crippen molar-refractivity contribution in [3.8, 4) is 11.4 Å². The van der Waals surface area contributed by atoms with Gasteiger partial charge in [0.15, 0.2) is 5.82 Å². The summed E-state index contributed by atoms with van der Waals surface area (Å²) in [5.41, 5.74) is 1.82. The molecule has 2 aliphatic rings. The predicted octanol–water partition coefficient (Wildman–Crippen LogP) is 3.72. The first-order chi connectivity index (χ1) is 13.7. The van der Waals surface area contributed by atoms with E-state index in [1.807, 2.05) is 24.3 Å². The number of nitrogens with one attached hydrogen (secondary N) is 1. The molecule has 0 aliphatic carbocycles. The number of carbonyl (C=O) groups is 1. The molecule has 3 heterocycles. The Kier molecular flexibility index (Phi) is 6.26. The van der Waals surface area contributed by atoms with E-state index >= 15 is 0 Å². The van der Waals surface area contributed by atoms with E-state index in [1.54, 1.807) is 0 Å². The van der Waals surface area contributed by atoms with Crippen molar-refractivity contribution in [2.75, 3.05) is 24.2 Å². The van der Waals surface area contributed by atoms with Crippen molar-refractivity contribution in [2.24, 2.45) is 0 Å². The summed E-state index contributed by atoms with van der Waals surface area (Å²) < 4.78 is 3.06. The third-order valence-corrected chi connectivity index (χ3v) is 6.75. The van der Waals surface area contributed by atoms with Gasteiger partial charge in [-0.2, -0.15) is 0 Å². The normalized spacial score (nSPS) is 16.5. The van der Waals surface area contributed by atoms with Crippen molar-refractivity contribution in [3.05, 3.63) is 30.1 Å². The van der Waals surface area contributed by atoms with Gasteiger partial charge in [0.1, 0.15) is 10.1 Å². The monoisotopic (exact) mass is 415 g/mol. The lowest BCUT2D eigenvalue weighted by Gasteiger charge is -2.17. The number of thiocarbonyl (C=S) groups is 1. The van der Waals surface area contributed by atoms with Crippen LogP contribution in [0, 0.1) is 0 Å². The first-order valence-electron chi connectivity index (χ1n) is 9.95. The number of hydrogen-bond donors (Lipinski definition) is 1. The number of benzene rings is 1. The van der Waals surface area contributed by atoms with Crippen molar-refractivity contribution < 1.29 is 4.79 Å². The van der Waals surface area contributed by atoms with Gasteiger partial charge in [0, 0.05) is 37.3 Å². The first kappa shape index (κ1) is 19.4. The number of hydrogen-bond acceptors (Lipinski definition) is 5. The highest BCUT2D eigenvalue weighted by Gasteiger charge is 2.17. The second-order valence-corrected chi connectivity index (χ2v) is 8.89. The van der Waals surface area contributed by atoms with Gasteiger partial charge in [-0.05, 0) is 49.9 Å². The van der Waals surface area contributed by atoms with E-state index in [2.05, 4.69) is 25.0 Å². The summed E-state index contributed by atoms with van der Waals surface area (Å²) in [4.78, 5) is 14.4.